The number of nitrogens with one attached hydrogen (secondary N) is 1. The Kier molecular flexibility index (Phi) is 5.97. The van der Waals surface area contributed by atoms with Crippen molar-refractivity contribution < 1.29 is 14.2 Å². The van der Waals surface area contributed by atoms with E-state index in [2.05, 4.69) is 12.2 Å². The SMILES string of the molecule is CCNC(c1ccc(OC)cc1)C(OC)OC. The Labute approximate surface area is 103 Å². The predicted molar refractivity (Wildman–Crippen MR) is 67.2 cm³/mol. The first-order chi connectivity index (χ1) is 8.26. The molecule has 0 saturated carbocycles. The molecule has 1 atom stereocenters. The van der Waals surface area contributed by atoms with Gasteiger partial charge >= 0.3 is 0 Å². The first kappa shape index (κ1) is 14.0. The van der Waals surface area contributed by atoms with Crippen molar-refractivity contribution in [2.45, 2.75) is 19.3 Å². The fourth-order valence-electron chi connectivity index (χ4n) is 1.77. The second-order valence-corrected chi connectivity index (χ2v) is 3.65. The van der Waals surface area contributed by atoms with Gasteiger partial charge in [-0.05, 0) is 24.2 Å². The van der Waals surface area contributed by atoms with Gasteiger partial charge in [0.2, 0.25) is 0 Å². The molecular weight excluding hydrogens is 218 g/mol. The molecule has 1 rings (SSSR count). The third kappa shape index (κ3) is 3.70. The minimum absolute atomic E-state index is 0.0147. The van der Waals surface area contributed by atoms with Crippen molar-refractivity contribution >= 4 is 0 Å². The number of ether oxygens (including phenoxy) is 3. The summed E-state index contributed by atoms with van der Waals surface area (Å²) in [5, 5.41) is 3.35. The summed E-state index contributed by atoms with van der Waals surface area (Å²) in [6.45, 7) is 2.90. The Hall–Kier alpha value is -1.10. The molecule has 0 heterocycles. The minimum Gasteiger partial charge on any atom is -0.497 e. The molecule has 4 nitrogen and oxygen atoms in total. The lowest BCUT2D eigenvalue weighted by Crippen LogP contribution is -2.34. The monoisotopic (exact) mass is 239 g/mol. The second-order valence-electron chi connectivity index (χ2n) is 3.65. The maximum Gasteiger partial charge on any atom is 0.176 e. The molecular formula is C13H21NO3. The Balaban J connectivity index is 2.87. The lowest BCUT2D eigenvalue weighted by Gasteiger charge is -2.25. The number of hydrogen-bond donors (Lipinski definition) is 1. The summed E-state index contributed by atoms with van der Waals surface area (Å²) in [4.78, 5) is 0. The van der Waals surface area contributed by atoms with Gasteiger partial charge in [0.15, 0.2) is 6.29 Å². The number of hydrogen-bond acceptors (Lipinski definition) is 4. The molecule has 0 spiro atoms. The molecule has 0 aliphatic heterocycles. The lowest BCUT2D eigenvalue weighted by atomic mass is 10.1. The molecule has 1 aromatic rings. The Morgan fingerprint density at radius 1 is 1.06 bits per heavy atom. The van der Waals surface area contributed by atoms with Crippen LogP contribution in [0.2, 0.25) is 0 Å². The van der Waals surface area contributed by atoms with Crippen LogP contribution >= 0.6 is 0 Å². The molecule has 1 unspecified atom stereocenters. The van der Waals surface area contributed by atoms with Gasteiger partial charge in [0.1, 0.15) is 5.75 Å². The van der Waals surface area contributed by atoms with E-state index in [0.29, 0.717) is 0 Å². The van der Waals surface area contributed by atoms with Crippen LogP contribution in [0.25, 0.3) is 0 Å². The van der Waals surface area contributed by atoms with E-state index in [0.717, 1.165) is 17.9 Å². The Bertz CT molecular complexity index is 309. The summed E-state index contributed by atoms with van der Waals surface area (Å²) in [5.74, 6) is 0.843. The molecule has 0 aliphatic rings. The molecule has 0 amide bonds. The van der Waals surface area contributed by atoms with Crippen molar-refractivity contribution in [1.82, 2.24) is 5.32 Å². The highest BCUT2D eigenvalue weighted by atomic mass is 16.7. The molecule has 0 radical (unpaired) electrons. The van der Waals surface area contributed by atoms with Gasteiger partial charge in [-0.2, -0.15) is 0 Å². The topological polar surface area (TPSA) is 39.7 Å². The fraction of sp³-hybridized carbons (Fsp3) is 0.538. The fourth-order valence-corrected chi connectivity index (χ4v) is 1.77. The van der Waals surface area contributed by atoms with Crippen molar-refractivity contribution in [2.75, 3.05) is 27.9 Å². The summed E-state index contributed by atoms with van der Waals surface area (Å²) in [7, 11) is 4.94. The third-order valence-electron chi connectivity index (χ3n) is 2.64. The highest BCUT2D eigenvalue weighted by molar-refractivity contribution is 5.29. The summed E-state index contributed by atoms with van der Waals surface area (Å²) < 4.78 is 15.8. The van der Waals surface area contributed by atoms with Crippen molar-refractivity contribution in [3.05, 3.63) is 29.8 Å². The van der Waals surface area contributed by atoms with Crippen LogP contribution in [0.5, 0.6) is 5.75 Å². The van der Waals surface area contributed by atoms with Crippen LogP contribution in [-0.2, 0) is 9.47 Å². The van der Waals surface area contributed by atoms with Crippen LogP contribution in [0.3, 0.4) is 0 Å². The van der Waals surface area contributed by atoms with Gasteiger partial charge in [-0.15, -0.1) is 0 Å². The maximum atomic E-state index is 5.31. The summed E-state index contributed by atoms with van der Waals surface area (Å²) in [5.41, 5.74) is 1.11. The average Bonchev–Trinajstić information content (AvgIpc) is 2.39. The van der Waals surface area contributed by atoms with Crippen LogP contribution in [0, 0.1) is 0 Å². The quantitative estimate of drug-likeness (QED) is 0.738. The largest absolute Gasteiger partial charge is 0.497 e. The molecule has 0 fully saturated rings. The zero-order valence-corrected chi connectivity index (χ0v) is 10.9. The van der Waals surface area contributed by atoms with Gasteiger partial charge in [0.25, 0.3) is 0 Å². The zero-order valence-electron chi connectivity index (χ0n) is 10.9. The van der Waals surface area contributed by atoms with Crippen molar-refractivity contribution in [3.63, 3.8) is 0 Å². The summed E-state index contributed by atoms with van der Waals surface area (Å²) in [6, 6.07) is 7.90. The minimum atomic E-state index is -0.302. The van der Waals surface area contributed by atoms with E-state index in [1.54, 1.807) is 21.3 Å². The maximum absolute atomic E-state index is 5.31. The summed E-state index contributed by atoms with van der Waals surface area (Å²) in [6.07, 6.45) is -0.302. The number of rotatable bonds is 7. The lowest BCUT2D eigenvalue weighted by molar-refractivity contribution is -0.123. The van der Waals surface area contributed by atoms with E-state index in [-0.39, 0.29) is 12.3 Å². The van der Waals surface area contributed by atoms with E-state index in [1.807, 2.05) is 24.3 Å². The Morgan fingerprint density at radius 3 is 2.06 bits per heavy atom. The van der Waals surface area contributed by atoms with Gasteiger partial charge in [-0.1, -0.05) is 19.1 Å². The van der Waals surface area contributed by atoms with Crippen LogP contribution in [-0.4, -0.2) is 34.2 Å². The smallest absolute Gasteiger partial charge is 0.176 e. The van der Waals surface area contributed by atoms with Crippen LogP contribution in [0.15, 0.2) is 24.3 Å². The van der Waals surface area contributed by atoms with E-state index in [4.69, 9.17) is 14.2 Å². The van der Waals surface area contributed by atoms with Gasteiger partial charge in [0.05, 0.1) is 13.2 Å². The van der Waals surface area contributed by atoms with Crippen LogP contribution in [0.1, 0.15) is 18.5 Å². The standard InChI is InChI=1S/C13H21NO3/c1-5-14-12(13(16-3)17-4)10-6-8-11(15-2)9-7-10/h6-9,12-14H,5H2,1-4H3. The van der Waals surface area contributed by atoms with Gasteiger partial charge in [0, 0.05) is 14.2 Å². The number of likely N-dealkylation sites (N-methyl/N-ethyl adjacent to an activating group) is 1. The third-order valence-corrected chi connectivity index (χ3v) is 2.64. The highest BCUT2D eigenvalue weighted by Gasteiger charge is 2.21. The zero-order chi connectivity index (χ0) is 12.7. The molecule has 1 aromatic carbocycles. The normalized spacial score (nSPS) is 12.8. The van der Waals surface area contributed by atoms with Crippen molar-refractivity contribution in [1.29, 1.82) is 0 Å². The average molecular weight is 239 g/mol. The summed E-state index contributed by atoms with van der Waals surface area (Å²) >= 11 is 0. The Morgan fingerprint density at radius 2 is 1.65 bits per heavy atom. The first-order valence-electron chi connectivity index (χ1n) is 5.69. The highest BCUT2D eigenvalue weighted by Crippen LogP contribution is 2.22. The molecule has 17 heavy (non-hydrogen) atoms. The van der Waals surface area contributed by atoms with Gasteiger partial charge < -0.3 is 19.5 Å². The molecule has 0 bridgehead atoms. The van der Waals surface area contributed by atoms with Crippen molar-refractivity contribution in [2.24, 2.45) is 0 Å². The van der Waals surface area contributed by atoms with E-state index in [9.17, 15) is 0 Å². The molecule has 96 valence electrons. The van der Waals surface area contributed by atoms with Gasteiger partial charge in [-0.3, -0.25) is 0 Å². The van der Waals surface area contributed by atoms with Crippen LogP contribution < -0.4 is 10.1 Å². The first-order valence-corrected chi connectivity index (χ1v) is 5.69. The molecule has 1 N–H and O–H groups in total. The molecule has 0 aliphatic carbocycles. The predicted octanol–water partition coefficient (Wildman–Crippen LogP) is 1.96. The molecule has 0 saturated heterocycles. The van der Waals surface area contributed by atoms with Gasteiger partial charge in [-0.25, -0.2) is 0 Å². The van der Waals surface area contributed by atoms with E-state index < -0.39 is 0 Å². The van der Waals surface area contributed by atoms with Crippen molar-refractivity contribution in [3.8, 4) is 5.75 Å². The van der Waals surface area contributed by atoms with E-state index in [1.165, 1.54) is 0 Å². The van der Waals surface area contributed by atoms with E-state index >= 15 is 0 Å². The van der Waals surface area contributed by atoms with Crippen LogP contribution in [0.4, 0.5) is 0 Å². The molecule has 4 heteroatoms. The number of methoxy groups -OCH3 is 3. The second kappa shape index (κ2) is 7.27. The molecule has 0 aromatic heterocycles. The number of benzene rings is 1.